The second-order valence-corrected chi connectivity index (χ2v) is 5.89. The molecule has 0 bridgehead atoms. The van der Waals surface area contributed by atoms with Gasteiger partial charge in [0.25, 0.3) is 0 Å². The van der Waals surface area contributed by atoms with Crippen molar-refractivity contribution in [2.24, 2.45) is 10.9 Å². The molecule has 1 nitrogen and oxygen atoms in total. The van der Waals surface area contributed by atoms with Crippen molar-refractivity contribution in [2.45, 2.75) is 65.8 Å². The van der Waals surface area contributed by atoms with Gasteiger partial charge in [-0.05, 0) is 57.9 Å². The van der Waals surface area contributed by atoms with Gasteiger partial charge in [-0.2, -0.15) is 0 Å². The predicted octanol–water partition coefficient (Wildman–Crippen LogP) is 5.51. The minimum absolute atomic E-state index is 0.401. The van der Waals surface area contributed by atoms with Gasteiger partial charge in [-0.25, -0.2) is 0 Å². The SMILES string of the molecule is C/C=C(/Cl)C/C(C=NC(C)CC)=C(/C)CC1CC1. The van der Waals surface area contributed by atoms with E-state index in [2.05, 4.69) is 32.0 Å². The Morgan fingerprint density at radius 1 is 1.44 bits per heavy atom. The molecule has 102 valence electrons. The van der Waals surface area contributed by atoms with Crippen molar-refractivity contribution >= 4 is 17.8 Å². The lowest BCUT2D eigenvalue weighted by molar-refractivity contribution is 0.719. The van der Waals surface area contributed by atoms with Crippen LogP contribution in [0.25, 0.3) is 0 Å². The van der Waals surface area contributed by atoms with Gasteiger partial charge in [0, 0.05) is 23.7 Å². The highest BCUT2D eigenvalue weighted by atomic mass is 35.5. The number of rotatable bonds is 7. The molecule has 1 saturated carbocycles. The van der Waals surface area contributed by atoms with Gasteiger partial charge in [-0.3, -0.25) is 4.99 Å². The maximum atomic E-state index is 6.17. The molecule has 0 aromatic carbocycles. The van der Waals surface area contributed by atoms with Gasteiger partial charge in [-0.1, -0.05) is 30.2 Å². The lowest BCUT2D eigenvalue weighted by Crippen LogP contribution is -1.99. The van der Waals surface area contributed by atoms with Crippen molar-refractivity contribution in [3.63, 3.8) is 0 Å². The number of halogens is 1. The van der Waals surface area contributed by atoms with E-state index in [0.29, 0.717) is 6.04 Å². The molecule has 0 aromatic heterocycles. The highest BCUT2D eigenvalue weighted by Crippen LogP contribution is 2.36. The number of nitrogens with zero attached hydrogens (tertiary/aromatic N) is 1. The molecule has 1 aliphatic rings. The number of hydrogen-bond donors (Lipinski definition) is 0. The van der Waals surface area contributed by atoms with Crippen molar-refractivity contribution < 1.29 is 0 Å². The molecule has 0 heterocycles. The molecule has 0 spiro atoms. The van der Waals surface area contributed by atoms with Crippen LogP contribution in [-0.2, 0) is 0 Å². The average molecular weight is 268 g/mol. The first-order valence-electron chi connectivity index (χ1n) is 7.09. The normalized spacial score (nSPS) is 20.2. The molecule has 0 N–H and O–H groups in total. The molecule has 0 aliphatic heterocycles. The van der Waals surface area contributed by atoms with Gasteiger partial charge >= 0.3 is 0 Å². The first kappa shape index (κ1) is 15.5. The minimum Gasteiger partial charge on any atom is -0.290 e. The van der Waals surface area contributed by atoms with E-state index in [-0.39, 0.29) is 0 Å². The van der Waals surface area contributed by atoms with Crippen LogP contribution in [0.3, 0.4) is 0 Å². The summed E-state index contributed by atoms with van der Waals surface area (Å²) in [6.07, 6.45) is 9.95. The van der Waals surface area contributed by atoms with Crippen molar-refractivity contribution in [3.05, 3.63) is 22.3 Å². The lowest BCUT2D eigenvalue weighted by Gasteiger charge is -2.09. The summed E-state index contributed by atoms with van der Waals surface area (Å²) >= 11 is 6.17. The van der Waals surface area contributed by atoms with E-state index in [1.807, 2.05) is 13.0 Å². The van der Waals surface area contributed by atoms with Crippen LogP contribution in [-0.4, -0.2) is 12.3 Å². The van der Waals surface area contributed by atoms with Gasteiger partial charge in [0.2, 0.25) is 0 Å². The number of allylic oxidation sites excluding steroid dienone is 4. The predicted molar refractivity (Wildman–Crippen MR) is 82.5 cm³/mol. The maximum Gasteiger partial charge on any atom is 0.0468 e. The van der Waals surface area contributed by atoms with Crippen LogP contribution in [0, 0.1) is 5.92 Å². The monoisotopic (exact) mass is 267 g/mol. The van der Waals surface area contributed by atoms with Crippen molar-refractivity contribution in [3.8, 4) is 0 Å². The molecule has 0 amide bonds. The fourth-order valence-corrected chi connectivity index (χ4v) is 1.94. The number of aliphatic imine (C=N–C) groups is 1. The van der Waals surface area contributed by atoms with Gasteiger partial charge in [0.15, 0.2) is 0 Å². The van der Waals surface area contributed by atoms with E-state index in [4.69, 9.17) is 11.6 Å². The quantitative estimate of drug-likeness (QED) is 0.540. The molecule has 1 unspecified atom stereocenters. The summed E-state index contributed by atoms with van der Waals surface area (Å²) in [4.78, 5) is 4.61. The zero-order valence-electron chi connectivity index (χ0n) is 12.2. The minimum atomic E-state index is 0.401. The largest absolute Gasteiger partial charge is 0.290 e. The molecule has 18 heavy (non-hydrogen) atoms. The Kier molecular flexibility index (Phi) is 6.70. The molecular weight excluding hydrogens is 242 g/mol. The Morgan fingerprint density at radius 2 is 2.11 bits per heavy atom. The molecule has 1 aliphatic carbocycles. The summed E-state index contributed by atoms with van der Waals surface area (Å²) in [5, 5.41) is 0.913. The molecule has 0 radical (unpaired) electrons. The Balaban J connectivity index is 2.75. The third kappa shape index (κ3) is 5.86. The van der Waals surface area contributed by atoms with Crippen molar-refractivity contribution in [1.82, 2.24) is 0 Å². The summed E-state index contributed by atoms with van der Waals surface area (Å²) in [6.45, 7) is 8.54. The highest BCUT2D eigenvalue weighted by Gasteiger charge is 2.22. The zero-order valence-corrected chi connectivity index (χ0v) is 12.9. The Morgan fingerprint density at radius 3 is 2.61 bits per heavy atom. The van der Waals surface area contributed by atoms with E-state index < -0.39 is 0 Å². The summed E-state index contributed by atoms with van der Waals surface area (Å²) in [5.74, 6) is 0.918. The lowest BCUT2D eigenvalue weighted by atomic mass is 10.0. The molecule has 0 saturated heterocycles. The van der Waals surface area contributed by atoms with Crippen LogP contribution in [0.5, 0.6) is 0 Å². The Hall–Kier alpha value is -0.560. The third-order valence-corrected chi connectivity index (χ3v) is 3.94. The van der Waals surface area contributed by atoms with Crippen LogP contribution >= 0.6 is 11.6 Å². The third-order valence-electron chi connectivity index (χ3n) is 3.59. The summed E-state index contributed by atoms with van der Waals surface area (Å²) in [5.41, 5.74) is 2.77. The van der Waals surface area contributed by atoms with Gasteiger partial charge in [-0.15, -0.1) is 0 Å². The number of hydrogen-bond acceptors (Lipinski definition) is 1. The summed E-state index contributed by atoms with van der Waals surface area (Å²) in [7, 11) is 0. The van der Waals surface area contributed by atoms with Gasteiger partial charge in [0.1, 0.15) is 0 Å². The van der Waals surface area contributed by atoms with E-state index >= 15 is 0 Å². The average Bonchev–Trinajstić information content (AvgIpc) is 3.17. The van der Waals surface area contributed by atoms with Crippen LogP contribution in [0.4, 0.5) is 0 Å². The van der Waals surface area contributed by atoms with E-state index in [1.54, 1.807) is 0 Å². The smallest absolute Gasteiger partial charge is 0.0468 e. The van der Waals surface area contributed by atoms with Gasteiger partial charge in [0.05, 0.1) is 0 Å². The molecule has 0 aromatic rings. The van der Waals surface area contributed by atoms with Crippen molar-refractivity contribution in [1.29, 1.82) is 0 Å². The highest BCUT2D eigenvalue weighted by molar-refractivity contribution is 6.29. The van der Waals surface area contributed by atoms with Crippen LogP contribution in [0.1, 0.15) is 59.8 Å². The summed E-state index contributed by atoms with van der Waals surface area (Å²) in [6, 6.07) is 0.401. The topological polar surface area (TPSA) is 12.4 Å². The van der Waals surface area contributed by atoms with Crippen LogP contribution < -0.4 is 0 Å². The zero-order chi connectivity index (χ0) is 13.5. The molecule has 1 fully saturated rings. The second kappa shape index (κ2) is 7.78. The fourth-order valence-electron chi connectivity index (χ4n) is 1.80. The first-order valence-corrected chi connectivity index (χ1v) is 7.47. The van der Waals surface area contributed by atoms with E-state index in [9.17, 15) is 0 Å². The Bertz CT molecular complexity index is 348. The maximum absolute atomic E-state index is 6.17. The second-order valence-electron chi connectivity index (χ2n) is 5.40. The van der Waals surface area contributed by atoms with Gasteiger partial charge < -0.3 is 0 Å². The molecular formula is C16H26ClN. The standard InChI is InChI=1S/C16H26ClN/c1-5-13(4)18-11-15(10-16(17)6-2)12(3)9-14-7-8-14/h6,11,13-14H,5,7-10H2,1-4H3/b15-12+,16-6+,18-11?. The van der Waals surface area contributed by atoms with E-state index in [1.165, 1.54) is 30.4 Å². The first-order chi connectivity index (χ1) is 8.56. The van der Waals surface area contributed by atoms with Crippen LogP contribution in [0.2, 0.25) is 0 Å². The molecule has 1 atom stereocenters. The van der Waals surface area contributed by atoms with Crippen molar-refractivity contribution in [2.75, 3.05) is 0 Å². The molecule has 2 heteroatoms. The Labute approximate surface area is 117 Å². The van der Waals surface area contributed by atoms with Crippen LogP contribution in [0.15, 0.2) is 27.2 Å². The van der Waals surface area contributed by atoms with E-state index in [0.717, 1.165) is 23.8 Å². The molecule has 1 rings (SSSR count). The fraction of sp³-hybridized carbons (Fsp3) is 0.688. The summed E-state index contributed by atoms with van der Waals surface area (Å²) < 4.78 is 0.